The summed E-state index contributed by atoms with van der Waals surface area (Å²) in [6.07, 6.45) is 12.4. The summed E-state index contributed by atoms with van der Waals surface area (Å²) in [6.45, 7) is 0. The molecule has 3 heteroatoms. The molecule has 0 spiro atoms. The van der Waals surface area contributed by atoms with Crippen molar-refractivity contribution >= 4 is 11.3 Å². The van der Waals surface area contributed by atoms with Gasteiger partial charge in [0.25, 0.3) is 0 Å². The van der Waals surface area contributed by atoms with Crippen LogP contribution < -0.4 is 0 Å². The number of rotatable bonds is 1. The van der Waals surface area contributed by atoms with Crippen LogP contribution in [0.1, 0.15) is 85.4 Å². The number of aromatic nitrogens is 1. The summed E-state index contributed by atoms with van der Waals surface area (Å²) in [5, 5.41) is 11.4. The number of aryl methyl sites for hydroxylation is 1. The minimum absolute atomic E-state index is 0.228. The molecular formula is C15H23NOS. The molecule has 1 aromatic heterocycles. The Hall–Kier alpha value is -0.410. The van der Waals surface area contributed by atoms with Crippen LogP contribution in [0.15, 0.2) is 0 Å². The normalized spacial score (nSPS) is 26.4. The fourth-order valence-corrected chi connectivity index (χ4v) is 4.60. The minimum Gasteiger partial charge on any atom is -0.388 e. The highest BCUT2D eigenvalue weighted by Gasteiger charge is 2.25. The van der Waals surface area contributed by atoms with Crippen molar-refractivity contribution in [1.29, 1.82) is 0 Å². The van der Waals surface area contributed by atoms with Gasteiger partial charge in [-0.15, -0.1) is 11.3 Å². The van der Waals surface area contributed by atoms with E-state index in [4.69, 9.17) is 4.98 Å². The van der Waals surface area contributed by atoms with Gasteiger partial charge in [-0.05, 0) is 32.1 Å². The van der Waals surface area contributed by atoms with Crippen LogP contribution in [-0.4, -0.2) is 10.1 Å². The third-order valence-corrected chi connectivity index (χ3v) is 5.75. The third kappa shape index (κ3) is 2.62. The Bertz CT molecular complexity index is 393. The van der Waals surface area contributed by atoms with Gasteiger partial charge in [-0.2, -0.15) is 0 Å². The van der Waals surface area contributed by atoms with Crippen molar-refractivity contribution in [2.24, 2.45) is 0 Å². The van der Waals surface area contributed by atoms with Crippen molar-refractivity contribution in [2.45, 2.75) is 76.2 Å². The lowest BCUT2D eigenvalue weighted by Gasteiger charge is -2.17. The second-order valence-electron chi connectivity index (χ2n) is 5.81. The van der Waals surface area contributed by atoms with Crippen molar-refractivity contribution in [2.75, 3.05) is 0 Å². The number of aliphatic hydroxyl groups is 1. The van der Waals surface area contributed by atoms with Crippen LogP contribution in [-0.2, 0) is 6.42 Å². The first-order valence-corrected chi connectivity index (χ1v) is 8.34. The first-order valence-electron chi connectivity index (χ1n) is 7.52. The van der Waals surface area contributed by atoms with Crippen LogP contribution in [0.4, 0.5) is 0 Å². The van der Waals surface area contributed by atoms with Crippen molar-refractivity contribution in [3.05, 3.63) is 15.6 Å². The molecule has 2 aliphatic rings. The van der Waals surface area contributed by atoms with Crippen LogP contribution in [0.2, 0.25) is 0 Å². The monoisotopic (exact) mass is 265 g/mol. The van der Waals surface area contributed by atoms with Crippen molar-refractivity contribution in [3.8, 4) is 0 Å². The number of hydrogen-bond acceptors (Lipinski definition) is 3. The van der Waals surface area contributed by atoms with Gasteiger partial charge in [-0.3, -0.25) is 0 Å². The minimum atomic E-state index is -0.228. The molecule has 0 aromatic carbocycles. The predicted molar refractivity (Wildman–Crippen MR) is 75.1 cm³/mol. The van der Waals surface area contributed by atoms with E-state index in [-0.39, 0.29) is 6.10 Å². The van der Waals surface area contributed by atoms with Gasteiger partial charge in [0.15, 0.2) is 0 Å². The summed E-state index contributed by atoms with van der Waals surface area (Å²) < 4.78 is 0. The highest BCUT2D eigenvalue weighted by molar-refractivity contribution is 7.11. The summed E-state index contributed by atoms with van der Waals surface area (Å²) in [7, 11) is 0. The molecular weight excluding hydrogens is 242 g/mol. The lowest BCUT2D eigenvalue weighted by molar-refractivity contribution is 0.160. The van der Waals surface area contributed by atoms with E-state index in [2.05, 4.69) is 0 Å². The first-order chi connectivity index (χ1) is 8.84. The van der Waals surface area contributed by atoms with Crippen LogP contribution in [0.5, 0.6) is 0 Å². The van der Waals surface area contributed by atoms with Gasteiger partial charge in [0, 0.05) is 5.92 Å². The van der Waals surface area contributed by atoms with Gasteiger partial charge in [0.1, 0.15) is 0 Å². The Kier molecular flexibility index (Phi) is 4.00. The maximum atomic E-state index is 10.0. The molecule has 1 N–H and O–H groups in total. The molecule has 3 rings (SSSR count). The predicted octanol–water partition coefficient (Wildman–Crippen LogP) is 4.34. The van der Waals surface area contributed by atoms with Gasteiger partial charge in [0.2, 0.25) is 0 Å². The van der Waals surface area contributed by atoms with E-state index in [0.29, 0.717) is 5.92 Å². The summed E-state index contributed by atoms with van der Waals surface area (Å²) in [5.41, 5.74) is 1.20. The molecule has 0 bridgehead atoms. The molecule has 1 unspecified atom stereocenters. The topological polar surface area (TPSA) is 33.1 Å². The van der Waals surface area contributed by atoms with Crippen LogP contribution in [0, 0.1) is 0 Å². The number of hydrogen-bond donors (Lipinski definition) is 1. The molecule has 2 aliphatic carbocycles. The summed E-state index contributed by atoms with van der Waals surface area (Å²) in [4.78, 5) is 6.03. The summed E-state index contributed by atoms with van der Waals surface area (Å²) >= 11 is 1.80. The molecule has 0 aliphatic heterocycles. The van der Waals surface area contributed by atoms with E-state index in [1.54, 1.807) is 11.3 Å². The highest BCUT2D eigenvalue weighted by Crippen LogP contribution is 2.39. The van der Waals surface area contributed by atoms with E-state index in [9.17, 15) is 5.11 Å². The maximum Gasteiger partial charge on any atom is 0.0963 e. The third-order valence-electron chi connectivity index (χ3n) is 4.39. The second-order valence-corrected chi connectivity index (χ2v) is 6.88. The Labute approximate surface area is 113 Å². The second kappa shape index (κ2) is 5.70. The molecule has 0 radical (unpaired) electrons. The largest absolute Gasteiger partial charge is 0.388 e. The van der Waals surface area contributed by atoms with Gasteiger partial charge in [-0.25, -0.2) is 4.98 Å². The zero-order valence-electron chi connectivity index (χ0n) is 11.0. The van der Waals surface area contributed by atoms with Crippen LogP contribution in [0.25, 0.3) is 0 Å². The van der Waals surface area contributed by atoms with E-state index in [0.717, 1.165) is 19.3 Å². The SMILES string of the molecule is OC1CCCc2nc(C3CCCCCCC3)sc21. The standard InChI is InChI=1S/C15H23NOS/c17-13-10-6-9-12-14(13)18-15(16-12)11-7-4-2-1-3-5-8-11/h11,13,17H,1-10H2. The summed E-state index contributed by atoms with van der Waals surface area (Å²) in [5.74, 6) is 0.674. The fourth-order valence-electron chi connectivity index (χ4n) is 3.29. The molecule has 18 heavy (non-hydrogen) atoms. The van der Waals surface area contributed by atoms with Crippen LogP contribution in [0.3, 0.4) is 0 Å². The molecule has 1 atom stereocenters. The van der Waals surface area contributed by atoms with Crippen LogP contribution >= 0.6 is 11.3 Å². The van der Waals surface area contributed by atoms with Crippen molar-refractivity contribution in [3.63, 3.8) is 0 Å². The number of nitrogens with zero attached hydrogens (tertiary/aromatic N) is 1. The van der Waals surface area contributed by atoms with Crippen molar-refractivity contribution < 1.29 is 5.11 Å². The zero-order chi connectivity index (χ0) is 12.4. The molecule has 1 heterocycles. The molecule has 2 nitrogen and oxygen atoms in total. The first kappa shape index (κ1) is 12.6. The number of thiazole rings is 1. The highest BCUT2D eigenvalue weighted by atomic mass is 32.1. The molecule has 0 saturated heterocycles. The van der Waals surface area contributed by atoms with Gasteiger partial charge >= 0.3 is 0 Å². The van der Waals surface area contributed by atoms with Gasteiger partial charge in [-0.1, -0.05) is 32.1 Å². The molecule has 1 saturated carbocycles. The van der Waals surface area contributed by atoms with Gasteiger partial charge < -0.3 is 5.11 Å². The Morgan fingerprint density at radius 3 is 2.39 bits per heavy atom. The average Bonchev–Trinajstić information content (AvgIpc) is 2.73. The maximum absolute atomic E-state index is 10.0. The number of aliphatic hydroxyl groups excluding tert-OH is 1. The Balaban J connectivity index is 1.78. The van der Waals surface area contributed by atoms with E-state index in [1.165, 1.54) is 60.5 Å². The Morgan fingerprint density at radius 1 is 0.944 bits per heavy atom. The summed E-state index contributed by atoms with van der Waals surface area (Å²) in [6, 6.07) is 0. The quantitative estimate of drug-likeness (QED) is 0.819. The van der Waals surface area contributed by atoms with Gasteiger partial charge in [0.05, 0.1) is 21.7 Å². The number of fused-ring (bicyclic) bond motifs is 1. The molecule has 0 amide bonds. The molecule has 1 fully saturated rings. The molecule has 1 aromatic rings. The van der Waals surface area contributed by atoms with E-state index in [1.807, 2.05) is 0 Å². The smallest absolute Gasteiger partial charge is 0.0963 e. The zero-order valence-corrected chi connectivity index (χ0v) is 11.8. The molecule has 100 valence electrons. The van der Waals surface area contributed by atoms with E-state index >= 15 is 0 Å². The Morgan fingerprint density at radius 2 is 1.67 bits per heavy atom. The fraction of sp³-hybridized carbons (Fsp3) is 0.800. The van der Waals surface area contributed by atoms with Crippen molar-refractivity contribution in [1.82, 2.24) is 4.98 Å². The van der Waals surface area contributed by atoms with E-state index < -0.39 is 0 Å². The lowest BCUT2D eigenvalue weighted by Crippen LogP contribution is -2.06. The lowest BCUT2D eigenvalue weighted by atomic mass is 9.91. The average molecular weight is 265 g/mol.